The Bertz CT molecular complexity index is 825. The summed E-state index contributed by atoms with van der Waals surface area (Å²) in [4.78, 5) is 24.6. The number of aromatic nitrogens is 1. The first-order valence-electron chi connectivity index (χ1n) is 8.70. The van der Waals surface area contributed by atoms with Crippen molar-refractivity contribution in [1.29, 1.82) is 0 Å². The van der Waals surface area contributed by atoms with Gasteiger partial charge in [-0.2, -0.15) is 0 Å². The number of benzene rings is 1. The molecular weight excluding hydrogens is 340 g/mol. The number of hydrogen-bond acceptors (Lipinski definition) is 4. The molecule has 0 unspecified atom stereocenters. The van der Waals surface area contributed by atoms with Gasteiger partial charge in [-0.15, -0.1) is 0 Å². The first-order valence-corrected chi connectivity index (χ1v) is 9.08. The van der Waals surface area contributed by atoms with Crippen molar-refractivity contribution in [3.8, 4) is 0 Å². The molecule has 0 atom stereocenters. The quantitative estimate of drug-likeness (QED) is 0.829. The minimum atomic E-state index is -0.458. The first-order chi connectivity index (χ1) is 12.1. The predicted molar refractivity (Wildman–Crippen MR) is 98.9 cm³/mol. The standard InChI is InChI=1S/C19H23ClN2O3/c1-25-18(23)12-22-17-10-15(20)8-7-13(17)9-14(19(22)24)11-21-16-5-3-2-4-6-16/h7-10,16,21H,2-6,11-12H2,1H3. The number of esters is 1. The number of methoxy groups -OCH3 is 1. The molecule has 6 heteroatoms. The maximum atomic E-state index is 12.9. The fourth-order valence-electron chi connectivity index (χ4n) is 3.44. The molecule has 0 amide bonds. The second kappa shape index (κ2) is 8.02. The number of halogens is 1. The number of carbonyl (C=O) groups excluding carboxylic acids is 1. The molecular formula is C19H23ClN2O3. The first kappa shape index (κ1) is 18.0. The van der Waals surface area contributed by atoms with Gasteiger partial charge in [0, 0.05) is 23.2 Å². The Hall–Kier alpha value is -1.85. The van der Waals surface area contributed by atoms with Gasteiger partial charge in [0.05, 0.1) is 12.6 Å². The zero-order valence-corrected chi connectivity index (χ0v) is 15.1. The lowest BCUT2D eigenvalue weighted by molar-refractivity contribution is -0.141. The maximum Gasteiger partial charge on any atom is 0.325 e. The molecule has 1 aliphatic carbocycles. The van der Waals surface area contributed by atoms with E-state index in [9.17, 15) is 9.59 Å². The predicted octanol–water partition coefficient (Wildman–Crippen LogP) is 3.25. The number of nitrogens with zero attached hydrogens (tertiary/aromatic N) is 1. The number of ether oxygens (including phenoxy) is 1. The monoisotopic (exact) mass is 362 g/mol. The molecule has 1 aliphatic rings. The zero-order valence-electron chi connectivity index (χ0n) is 14.4. The lowest BCUT2D eigenvalue weighted by Crippen LogP contribution is -2.34. The van der Waals surface area contributed by atoms with Crippen molar-refractivity contribution < 1.29 is 9.53 Å². The molecule has 134 valence electrons. The maximum absolute atomic E-state index is 12.9. The summed E-state index contributed by atoms with van der Waals surface area (Å²) < 4.78 is 6.19. The van der Waals surface area contributed by atoms with Crippen LogP contribution in [0.1, 0.15) is 37.7 Å². The summed E-state index contributed by atoms with van der Waals surface area (Å²) in [5.74, 6) is -0.458. The summed E-state index contributed by atoms with van der Waals surface area (Å²) in [5.41, 5.74) is 1.12. The minimum absolute atomic E-state index is 0.122. The number of carbonyl (C=O) groups is 1. The molecule has 0 saturated heterocycles. The van der Waals surface area contributed by atoms with E-state index >= 15 is 0 Å². The van der Waals surface area contributed by atoms with Crippen molar-refractivity contribution in [3.05, 3.63) is 45.2 Å². The Labute approximate surface area is 151 Å². The third kappa shape index (κ3) is 4.22. The van der Waals surface area contributed by atoms with Crippen LogP contribution in [0.4, 0.5) is 0 Å². The Morgan fingerprint density at radius 1 is 1.28 bits per heavy atom. The van der Waals surface area contributed by atoms with Gasteiger partial charge in [0.1, 0.15) is 6.54 Å². The number of hydrogen-bond donors (Lipinski definition) is 1. The number of pyridine rings is 1. The number of fused-ring (bicyclic) bond motifs is 1. The summed E-state index contributed by atoms with van der Waals surface area (Å²) >= 11 is 6.07. The Morgan fingerprint density at radius 3 is 2.76 bits per heavy atom. The summed E-state index contributed by atoms with van der Waals surface area (Å²) in [6.45, 7) is 0.382. The zero-order chi connectivity index (χ0) is 17.8. The minimum Gasteiger partial charge on any atom is -0.468 e. The molecule has 1 aromatic carbocycles. The topological polar surface area (TPSA) is 60.3 Å². The van der Waals surface area contributed by atoms with Crippen LogP contribution in [0.5, 0.6) is 0 Å². The average Bonchev–Trinajstić information content (AvgIpc) is 2.63. The highest BCUT2D eigenvalue weighted by molar-refractivity contribution is 6.31. The summed E-state index contributed by atoms with van der Waals surface area (Å²) in [6.07, 6.45) is 6.07. The molecule has 0 radical (unpaired) electrons. The van der Waals surface area contributed by atoms with E-state index < -0.39 is 5.97 Å². The van der Waals surface area contributed by atoms with Crippen LogP contribution in [-0.2, 0) is 22.6 Å². The Morgan fingerprint density at radius 2 is 2.04 bits per heavy atom. The van der Waals surface area contributed by atoms with Gasteiger partial charge in [-0.25, -0.2) is 0 Å². The van der Waals surface area contributed by atoms with Crippen molar-refractivity contribution in [3.63, 3.8) is 0 Å². The molecule has 0 bridgehead atoms. The highest BCUT2D eigenvalue weighted by atomic mass is 35.5. The van der Waals surface area contributed by atoms with Crippen molar-refractivity contribution in [2.45, 2.75) is 51.2 Å². The van der Waals surface area contributed by atoms with Crippen LogP contribution in [0.25, 0.3) is 10.9 Å². The van der Waals surface area contributed by atoms with Crippen molar-refractivity contribution in [2.75, 3.05) is 7.11 Å². The third-order valence-electron chi connectivity index (χ3n) is 4.83. The third-order valence-corrected chi connectivity index (χ3v) is 5.07. The number of rotatable bonds is 5. The lowest BCUT2D eigenvalue weighted by atomic mass is 9.95. The van der Waals surface area contributed by atoms with Crippen LogP contribution in [0.15, 0.2) is 29.1 Å². The molecule has 1 fully saturated rings. The van der Waals surface area contributed by atoms with Gasteiger partial charge in [0.25, 0.3) is 5.56 Å². The molecule has 1 saturated carbocycles. The average molecular weight is 363 g/mol. The second-order valence-corrected chi connectivity index (χ2v) is 6.99. The van der Waals surface area contributed by atoms with Gasteiger partial charge in [0.2, 0.25) is 0 Å². The molecule has 0 aliphatic heterocycles. The van der Waals surface area contributed by atoms with Gasteiger partial charge in [-0.1, -0.05) is 36.9 Å². The summed E-state index contributed by atoms with van der Waals surface area (Å²) in [5, 5.41) is 4.90. The van der Waals surface area contributed by atoms with Gasteiger partial charge < -0.3 is 10.1 Å². The molecule has 25 heavy (non-hydrogen) atoms. The molecule has 1 N–H and O–H groups in total. The molecule has 1 heterocycles. The summed E-state index contributed by atoms with van der Waals surface area (Å²) in [6, 6.07) is 7.71. The van der Waals surface area contributed by atoms with Gasteiger partial charge in [-0.05, 0) is 36.4 Å². The van der Waals surface area contributed by atoms with E-state index in [1.165, 1.54) is 30.9 Å². The van der Waals surface area contributed by atoms with E-state index in [1.54, 1.807) is 12.1 Å². The molecule has 2 aromatic rings. The van der Waals surface area contributed by atoms with Crippen LogP contribution in [0.2, 0.25) is 5.02 Å². The molecule has 3 rings (SSSR count). The fraction of sp³-hybridized carbons (Fsp3) is 0.474. The highest BCUT2D eigenvalue weighted by Gasteiger charge is 2.16. The van der Waals surface area contributed by atoms with Gasteiger partial charge >= 0.3 is 5.97 Å². The molecule has 1 aromatic heterocycles. The van der Waals surface area contributed by atoms with Crippen molar-refractivity contribution in [2.24, 2.45) is 0 Å². The van der Waals surface area contributed by atoms with E-state index in [2.05, 4.69) is 5.32 Å². The van der Waals surface area contributed by atoms with E-state index in [4.69, 9.17) is 16.3 Å². The number of nitrogens with one attached hydrogen (secondary N) is 1. The van der Waals surface area contributed by atoms with E-state index in [-0.39, 0.29) is 12.1 Å². The lowest BCUT2D eigenvalue weighted by Gasteiger charge is -2.23. The van der Waals surface area contributed by atoms with Crippen LogP contribution >= 0.6 is 11.6 Å². The van der Waals surface area contributed by atoms with Crippen molar-refractivity contribution >= 4 is 28.5 Å². The van der Waals surface area contributed by atoms with Crippen LogP contribution in [0, 0.1) is 0 Å². The normalized spacial score (nSPS) is 15.4. The van der Waals surface area contributed by atoms with Crippen LogP contribution in [0.3, 0.4) is 0 Å². The Balaban J connectivity index is 1.94. The van der Waals surface area contributed by atoms with E-state index in [0.717, 1.165) is 18.2 Å². The Kier molecular flexibility index (Phi) is 5.76. The molecule has 0 spiro atoms. The van der Waals surface area contributed by atoms with Gasteiger partial charge in [-0.3, -0.25) is 14.2 Å². The van der Waals surface area contributed by atoms with Crippen LogP contribution < -0.4 is 10.9 Å². The van der Waals surface area contributed by atoms with E-state index in [0.29, 0.717) is 28.7 Å². The van der Waals surface area contributed by atoms with Gasteiger partial charge in [0.15, 0.2) is 0 Å². The van der Waals surface area contributed by atoms with Crippen LogP contribution in [-0.4, -0.2) is 23.7 Å². The SMILES string of the molecule is COC(=O)Cn1c(=O)c(CNC2CCCCC2)cc2ccc(Cl)cc21. The fourth-order valence-corrected chi connectivity index (χ4v) is 3.61. The largest absolute Gasteiger partial charge is 0.468 e. The highest BCUT2D eigenvalue weighted by Crippen LogP contribution is 2.20. The second-order valence-electron chi connectivity index (χ2n) is 6.56. The molecule has 5 nitrogen and oxygen atoms in total. The smallest absolute Gasteiger partial charge is 0.325 e. The van der Waals surface area contributed by atoms with E-state index in [1.807, 2.05) is 12.1 Å². The van der Waals surface area contributed by atoms with Crippen molar-refractivity contribution in [1.82, 2.24) is 9.88 Å². The summed E-state index contributed by atoms with van der Waals surface area (Å²) in [7, 11) is 1.32.